The maximum atomic E-state index is 13.0. The fraction of sp³-hybridized carbons (Fsp3) is 0. The second-order valence-electron chi connectivity index (χ2n) is 3.81. The summed E-state index contributed by atoms with van der Waals surface area (Å²) in [5.74, 6) is -2.10. The maximum Gasteiger partial charge on any atom is 0.354 e. The van der Waals surface area contributed by atoms with Crippen LogP contribution in [0.3, 0.4) is 0 Å². The van der Waals surface area contributed by atoms with E-state index in [0.29, 0.717) is 9.26 Å². The first kappa shape index (κ1) is 14.4. The third-order valence-corrected chi connectivity index (χ3v) is 3.31. The Hall–Kier alpha value is -2.03. The number of aromatic nitrogens is 1. The van der Waals surface area contributed by atoms with Gasteiger partial charge in [-0.05, 0) is 52.9 Å². The summed E-state index contributed by atoms with van der Waals surface area (Å²) in [4.78, 5) is 26.4. The van der Waals surface area contributed by atoms with Gasteiger partial charge in [0, 0.05) is 15.3 Å². The second-order valence-corrected chi connectivity index (χ2v) is 4.98. The molecule has 0 saturated heterocycles. The van der Waals surface area contributed by atoms with E-state index in [1.807, 2.05) is 22.6 Å². The number of anilines is 1. The first-order valence-electron chi connectivity index (χ1n) is 5.43. The number of carbonyl (C=O) groups is 2. The molecule has 0 spiro atoms. The van der Waals surface area contributed by atoms with Gasteiger partial charge in [-0.1, -0.05) is 0 Å². The largest absolute Gasteiger partial charge is 0.477 e. The van der Waals surface area contributed by atoms with Gasteiger partial charge in [0.25, 0.3) is 5.91 Å². The number of carbonyl (C=O) groups excluding carboxylic acids is 1. The van der Waals surface area contributed by atoms with E-state index in [1.54, 1.807) is 0 Å². The lowest BCUT2D eigenvalue weighted by atomic mass is 10.2. The molecule has 7 heteroatoms. The number of nitrogens with one attached hydrogen (secondary N) is 1. The van der Waals surface area contributed by atoms with Gasteiger partial charge >= 0.3 is 5.97 Å². The van der Waals surface area contributed by atoms with Gasteiger partial charge in [-0.15, -0.1) is 0 Å². The van der Waals surface area contributed by atoms with Crippen LogP contribution in [0, 0.1) is 9.39 Å². The number of pyridine rings is 1. The average molecular weight is 386 g/mol. The van der Waals surface area contributed by atoms with E-state index in [9.17, 15) is 14.0 Å². The third kappa shape index (κ3) is 3.29. The predicted molar refractivity (Wildman–Crippen MR) is 78.3 cm³/mol. The molecule has 1 heterocycles. The highest BCUT2D eigenvalue weighted by molar-refractivity contribution is 14.1. The Labute approximate surface area is 127 Å². The zero-order valence-electron chi connectivity index (χ0n) is 9.93. The highest BCUT2D eigenvalue weighted by Gasteiger charge is 2.12. The van der Waals surface area contributed by atoms with Gasteiger partial charge in [0.15, 0.2) is 0 Å². The zero-order chi connectivity index (χ0) is 14.7. The molecule has 2 aromatic rings. The molecule has 0 fully saturated rings. The molecule has 0 radical (unpaired) electrons. The molecule has 0 saturated carbocycles. The van der Waals surface area contributed by atoms with Crippen molar-refractivity contribution in [3.63, 3.8) is 0 Å². The van der Waals surface area contributed by atoms with Crippen molar-refractivity contribution >= 4 is 40.2 Å². The molecule has 2 rings (SSSR count). The first-order chi connectivity index (χ1) is 9.47. The van der Waals surface area contributed by atoms with Crippen LogP contribution in [0.2, 0.25) is 0 Å². The van der Waals surface area contributed by atoms with Crippen LogP contribution in [-0.2, 0) is 0 Å². The molecule has 0 unspecified atom stereocenters. The van der Waals surface area contributed by atoms with Crippen LogP contribution in [-0.4, -0.2) is 22.0 Å². The lowest BCUT2D eigenvalue weighted by molar-refractivity contribution is 0.0690. The minimum atomic E-state index is -1.21. The average Bonchev–Trinajstić information content (AvgIpc) is 2.42. The van der Waals surface area contributed by atoms with E-state index in [4.69, 9.17) is 5.11 Å². The summed E-state index contributed by atoms with van der Waals surface area (Å²) in [7, 11) is 0. The maximum absolute atomic E-state index is 13.0. The number of halogens is 2. The molecule has 102 valence electrons. The minimum absolute atomic E-state index is 0.164. The molecular formula is C13H8FIN2O3. The molecule has 1 aromatic carbocycles. The summed E-state index contributed by atoms with van der Waals surface area (Å²) in [6.07, 6.45) is 1.24. The summed E-state index contributed by atoms with van der Waals surface area (Å²) in [5, 5.41) is 11.4. The van der Waals surface area contributed by atoms with Crippen molar-refractivity contribution in [3.05, 3.63) is 57.2 Å². The van der Waals surface area contributed by atoms with Gasteiger partial charge in [0.05, 0.1) is 5.69 Å². The molecule has 2 N–H and O–H groups in total. The molecule has 0 atom stereocenters. The summed E-state index contributed by atoms with van der Waals surface area (Å²) < 4.78 is 13.5. The number of rotatable bonds is 3. The van der Waals surface area contributed by atoms with Crippen molar-refractivity contribution in [2.45, 2.75) is 0 Å². The van der Waals surface area contributed by atoms with Crippen molar-refractivity contribution in [2.75, 3.05) is 5.32 Å². The first-order valence-corrected chi connectivity index (χ1v) is 6.51. The van der Waals surface area contributed by atoms with Gasteiger partial charge in [0.1, 0.15) is 11.5 Å². The number of hydrogen-bond donors (Lipinski definition) is 2. The fourth-order valence-electron chi connectivity index (χ4n) is 1.47. The topological polar surface area (TPSA) is 79.3 Å². The Morgan fingerprint density at radius 2 is 2.00 bits per heavy atom. The monoisotopic (exact) mass is 386 g/mol. The SMILES string of the molecule is O=C(Nc1ccc(F)cc1I)c1ccnc(C(=O)O)c1. The Balaban J connectivity index is 2.24. The Morgan fingerprint density at radius 1 is 1.25 bits per heavy atom. The number of hydrogen-bond acceptors (Lipinski definition) is 3. The van der Waals surface area contributed by atoms with Crippen molar-refractivity contribution in [2.24, 2.45) is 0 Å². The van der Waals surface area contributed by atoms with Gasteiger partial charge in [-0.3, -0.25) is 4.79 Å². The lowest BCUT2D eigenvalue weighted by Crippen LogP contribution is -2.14. The molecule has 0 bridgehead atoms. The standard InChI is InChI=1S/C13H8FIN2O3/c14-8-1-2-10(9(15)6-8)17-12(18)7-3-4-16-11(5-7)13(19)20/h1-6H,(H,17,18)(H,19,20). The van der Waals surface area contributed by atoms with Crippen LogP contribution < -0.4 is 5.32 Å². The van der Waals surface area contributed by atoms with E-state index < -0.39 is 17.7 Å². The summed E-state index contributed by atoms with van der Waals surface area (Å²) >= 11 is 1.89. The van der Waals surface area contributed by atoms with Crippen LogP contribution in [0.5, 0.6) is 0 Å². The van der Waals surface area contributed by atoms with Crippen molar-refractivity contribution in [1.29, 1.82) is 0 Å². The summed E-state index contributed by atoms with van der Waals surface area (Å²) in [6.45, 7) is 0. The van der Waals surface area contributed by atoms with Gasteiger partial charge in [-0.2, -0.15) is 0 Å². The van der Waals surface area contributed by atoms with E-state index in [0.717, 1.165) is 0 Å². The van der Waals surface area contributed by atoms with Crippen LogP contribution in [0.4, 0.5) is 10.1 Å². The third-order valence-electron chi connectivity index (χ3n) is 2.42. The molecule has 1 amide bonds. The van der Waals surface area contributed by atoms with Gasteiger partial charge in [-0.25, -0.2) is 14.2 Å². The number of aromatic carboxylic acids is 1. The Morgan fingerprint density at radius 3 is 2.65 bits per heavy atom. The van der Waals surface area contributed by atoms with E-state index in [2.05, 4.69) is 10.3 Å². The molecule has 0 aliphatic heterocycles. The number of carboxylic acid groups (broad SMARTS) is 1. The van der Waals surface area contributed by atoms with Gasteiger partial charge in [0.2, 0.25) is 0 Å². The molecule has 1 aromatic heterocycles. The Bertz CT molecular complexity index is 691. The molecule has 0 aliphatic carbocycles. The van der Waals surface area contributed by atoms with Crippen LogP contribution in [0.25, 0.3) is 0 Å². The summed E-state index contributed by atoms with van der Waals surface area (Å²) in [6, 6.07) is 6.53. The molecular weight excluding hydrogens is 378 g/mol. The molecule has 0 aliphatic rings. The highest BCUT2D eigenvalue weighted by Crippen LogP contribution is 2.19. The fourth-order valence-corrected chi connectivity index (χ4v) is 2.09. The summed E-state index contributed by atoms with van der Waals surface area (Å²) in [5.41, 5.74) is 0.398. The van der Waals surface area contributed by atoms with Crippen molar-refractivity contribution in [1.82, 2.24) is 4.98 Å². The second kappa shape index (κ2) is 5.95. The number of benzene rings is 1. The normalized spacial score (nSPS) is 10.1. The molecule has 5 nitrogen and oxygen atoms in total. The number of nitrogens with zero attached hydrogens (tertiary/aromatic N) is 1. The minimum Gasteiger partial charge on any atom is -0.477 e. The Kier molecular flexibility index (Phi) is 4.28. The quantitative estimate of drug-likeness (QED) is 0.796. The van der Waals surface area contributed by atoms with Crippen LogP contribution >= 0.6 is 22.6 Å². The van der Waals surface area contributed by atoms with Crippen molar-refractivity contribution < 1.29 is 19.1 Å². The van der Waals surface area contributed by atoms with E-state index in [1.165, 1.54) is 36.5 Å². The number of amides is 1. The van der Waals surface area contributed by atoms with E-state index in [-0.39, 0.29) is 11.3 Å². The van der Waals surface area contributed by atoms with Crippen LogP contribution in [0.1, 0.15) is 20.8 Å². The lowest BCUT2D eigenvalue weighted by Gasteiger charge is -2.07. The smallest absolute Gasteiger partial charge is 0.354 e. The highest BCUT2D eigenvalue weighted by atomic mass is 127. The van der Waals surface area contributed by atoms with Crippen molar-refractivity contribution in [3.8, 4) is 0 Å². The predicted octanol–water partition coefficient (Wildman–Crippen LogP) is 2.78. The van der Waals surface area contributed by atoms with Crippen LogP contribution in [0.15, 0.2) is 36.5 Å². The molecule has 20 heavy (non-hydrogen) atoms. The number of carboxylic acids is 1. The van der Waals surface area contributed by atoms with Gasteiger partial charge < -0.3 is 10.4 Å². The zero-order valence-corrected chi connectivity index (χ0v) is 12.1. The van der Waals surface area contributed by atoms with E-state index >= 15 is 0 Å².